The molecule has 1 saturated heterocycles. The van der Waals surface area contributed by atoms with Crippen molar-refractivity contribution in [2.45, 2.75) is 43.5 Å². The molecule has 6 heteroatoms. The summed E-state index contributed by atoms with van der Waals surface area (Å²) in [6.45, 7) is 2.63. The molecule has 0 aliphatic carbocycles. The fourth-order valence-electron chi connectivity index (χ4n) is 4.69. The van der Waals surface area contributed by atoms with E-state index in [0.29, 0.717) is 24.9 Å². The lowest BCUT2D eigenvalue weighted by Gasteiger charge is -2.24. The SMILES string of the molecule is Cc1ccc(S(=O)(=O)n2c3c(c4ccccc42)CCCN2C(=O)CCC32)cc1. The molecule has 1 aromatic heterocycles. The summed E-state index contributed by atoms with van der Waals surface area (Å²) in [5.41, 5.74) is 3.58. The van der Waals surface area contributed by atoms with Crippen molar-refractivity contribution in [3.63, 3.8) is 0 Å². The normalized spacial score (nSPS) is 19.5. The molecule has 0 spiro atoms. The molecule has 2 aromatic carbocycles. The van der Waals surface area contributed by atoms with Crippen LogP contribution in [0.5, 0.6) is 0 Å². The Labute approximate surface area is 164 Å². The van der Waals surface area contributed by atoms with Gasteiger partial charge in [0.25, 0.3) is 10.0 Å². The van der Waals surface area contributed by atoms with Gasteiger partial charge in [-0.15, -0.1) is 0 Å². The molecule has 2 aliphatic heterocycles. The maximum Gasteiger partial charge on any atom is 0.268 e. The van der Waals surface area contributed by atoms with Crippen LogP contribution in [0.4, 0.5) is 0 Å². The summed E-state index contributed by atoms with van der Waals surface area (Å²) in [5, 5.41) is 0.981. The van der Waals surface area contributed by atoms with Crippen LogP contribution in [0.1, 0.15) is 42.1 Å². The number of fused-ring (bicyclic) bond motifs is 5. The first-order valence-corrected chi connectivity index (χ1v) is 11.2. The van der Waals surface area contributed by atoms with E-state index in [9.17, 15) is 13.2 Å². The van der Waals surface area contributed by atoms with Gasteiger partial charge in [-0.25, -0.2) is 12.4 Å². The predicted molar refractivity (Wildman–Crippen MR) is 108 cm³/mol. The summed E-state index contributed by atoms with van der Waals surface area (Å²) in [4.78, 5) is 14.6. The molecular formula is C22H22N2O3S. The predicted octanol–water partition coefficient (Wildman–Crippen LogP) is 3.80. The lowest BCUT2D eigenvalue weighted by Crippen LogP contribution is -2.30. The Morgan fingerprint density at radius 2 is 1.75 bits per heavy atom. The molecule has 1 fully saturated rings. The molecule has 1 unspecified atom stereocenters. The molecule has 28 heavy (non-hydrogen) atoms. The van der Waals surface area contributed by atoms with Crippen molar-refractivity contribution in [1.82, 2.24) is 8.87 Å². The fraction of sp³-hybridized carbons (Fsp3) is 0.318. The second kappa shape index (κ2) is 6.21. The zero-order chi connectivity index (χ0) is 19.5. The number of rotatable bonds is 2. The quantitative estimate of drug-likeness (QED) is 0.664. The highest BCUT2D eigenvalue weighted by Crippen LogP contribution is 2.43. The van der Waals surface area contributed by atoms with Crippen molar-refractivity contribution < 1.29 is 13.2 Å². The molecular weight excluding hydrogens is 372 g/mol. The first-order valence-electron chi connectivity index (χ1n) is 9.72. The zero-order valence-corrected chi connectivity index (χ0v) is 16.6. The maximum atomic E-state index is 13.7. The van der Waals surface area contributed by atoms with Crippen LogP contribution in [0.3, 0.4) is 0 Å². The smallest absolute Gasteiger partial charge is 0.268 e. The van der Waals surface area contributed by atoms with E-state index in [0.717, 1.165) is 35.0 Å². The number of aromatic nitrogens is 1. The Kier molecular flexibility index (Phi) is 3.88. The molecule has 0 radical (unpaired) electrons. The molecule has 144 valence electrons. The third-order valence-electron chi connectivity index (χ3n) is 6.00. The van der Waals surface area contributed by atoms with E-state index in [4.69, 9.17) is 0 Å². The van der Waals surface area contributed by atoms with Gasteiger partial charge in [0.05, 0.1) is 22.1 Å². The molecule has 1 atom stereocenters. The highest BCUT2D eigenvalue weighted by molar-refractivity contribution is 7.90. The number of hydrogen-bond donors (Lipinski definition) is 0. The van der Waals surface area contributed by atoms with Crippen LogP contribution in [0.2, 0.25) is 0 Å². The van der Waals surface area contributed by atoms with Crippen LogP contribution in [0.25, 0.3) is 10.9 Å². The first-order chi connectivity index (χ1) is 13.5. The Balaban J connectivity index is 1.83. The topological polar surface area (TPSA) is 59.4 Å². The molecule has 2 aliphatic rings. The monoisotopic (exact) mass is 394 g/mol. The molecule has 1 amide bonds. The van der Waals surface area contributed by atoms with Crippen molar-refractivity contribution in [3.05, 3.63) is 65.4 Å². The number of carbonyl (C=O) groups is 1. The highest BCUT2D eigenvalue weighted by atomic mass is 32.2. The molecule has 5 nitrogen and oxygen atoms in total. The lowest BCUT2D eigenvalue weighted by atomic mass is 10.0. The molecule has 5 rings (SSSR count). The van der Waals surface area contributed by atoms with Gasteiger partial charge in [0.15, 0.2) is 0 Å². The van der Waals surface area contributed by atoms with E-state index in [1.165, 1.54) is 3.97 Å². The highest BCUT2D eigenvalue weighted by Gasteiger charge is 2.40. The van der Waals surface area contributed by atoms with Crippen LogP contribution >= 0.6 is 0 Å². The summed E-state index contributed by atoms with van der Waals surface area (Å²) in [7, 11) is -3.77. The Hall–Kier alpha value is -2.60. The third-order valence-corrected chi connectivity index (χ3v) is 7.75. The van der Waals surface area contributed by atoms with Crippen molar-refractivity contribution in [3.8, 4) is 0 Å². The lowest BCUT2D eigenvalue weighted by molar-refractivity contribution is -0.129. The van der Waals surface area contributed by atoms with Gasteiger partial charge in [0.1, 0.15) is 0 Å². The molecule has 3 heterocycles. The molecule has 3 aromatic rings. The van der Waals surface area contributed by atoms with Gasteiger partial charge >= 0.3 is 0 Å². The third kappa shape index (κ3) is 2.44. The molecule has 0 bridgehead atoms. The first kappa shape index (κ1) is 17.5. The Morgan fingerprint density at radius 3 is 2.54 bits per heavy atom. The van der Waals surface area contributed by atoms with Gasteiger partial charge in [-0.05, 0) is 49.9 Å². The van der Waals surface area contributed by atoms with Crippen LogP contribution < -0.4 is 0 Å². The van der Waals surface area contributed by atoms with Gasteiger partial charge in [0.2, 0.25) is 5.91 Å². The van der Waals surface area contributed by atoms with E-state index in [1.54, 1.807) is 12.1 Å². The molecule has 0 N–H and O–H groups in total. The Morgan fingerprint density at radius 1 is 1.00 bits per heavy atom. The number of aryl methyl sites for hydroxylation is 2. The maximum absolute atomic E-state index is 13.7. The summed E-state index contributed by atoms with van der Waals surface area (Å²) in [6.07, 6.45) is 2.79. The second-order valence-corrected chi connectivity index (χ2v) is 9.50. The van der Waals surface area contributed by atoms with Crippen molar-refractivity contribution >= 4 is 26.8 Å². The van der Waals surface area contributed by atoms with E-state index in [2.05, 4.69) is 0 Å². The van der Waals surface area contributed by atoms with Gasteiger partial charge in [-0.1, -0.05) is 35.9 Å². The summed E-state index contributed by atoms with van der Waals surface area (Å²) >= 11 is 0. The summed E-state index contributed by atoms with van der Waals surface area (Å²) < 4.78 is 29.0. The van der Waals surface area contributed by atoms with Crippen LogP contribution in [0.15, 0.2) is 53.4 Å². The summed E-state index contributed by atoms with van der Waals surface area (Å²) in [5.74, 6) is 0.127. The second-order valence-electron chi connectivity index (χ2n) is 7.71. The fourth-order valence-corrected chi connectivity index (χ4v) is 6.29. The van der Waals surface area contributed by atoms with E-state index >= 15 is 0 Å². The number of nitrogens with zero attached hydrogens (tertiary/aromatic N) is 2. The van der Waals surface area contributed by atoms with E-state index in [1.807, 2.05) is 48.2 Å². The summed E-state index contributed by atoms with van der Waals surface area (Å²) in [6, 6.07) is 14.5. The van der Waals surface area contributed by atoms with Crippen molar-refractivity contribution in [2.75, 3.05) is 6.54 Å². The number of para-hydroxylation sites is 1. The van der Waals surface area contributed by atoms with Gasteiger partial charge in [0, 0.05) is 18.4 Å². The standard InChI is InChI=1S/C22H22N2O3S/c1-15-8-10-16(11-9-15)28(26,27)24-19-7-3-2-5-17(19)18-6-4-14-23-20(22(18)24)12-13-21(23)25/h2-3,5,7-11,20H,4,6,12-14H2,1H3. The van der Waals surface area contributed by atoms with E-state index in [-0.39, 0.29) is 16.8 Å². The largest absolute Gasteiger partial charge is 0.334 e. The van der Waals surface area contributed by atoms with Gasteiger partial charge in [-0.2, -0.15) is 0 Å². The minimum Gasteiger partial charge on any atom is -0.334 e. The zero-order valence-electron chi connectivity index (χ0n) is 15.8. The average molecular weight is 394 g/mol. The van der Waals surface area contributed by atoms with Crippen LogP contribution in [0, 0.1) is 6.92 Å². The number of carbonyl (C=O) groups excluding carboxylic acids is 1. The minimum absolute atomic E-state index is 0.127. The van der Waals surface area contributed by atoms with Gasteiger partial charge in [-0.3, -0.25) is 4.79 Å². The number of benzene rings is 2. The van der Waals surface area contributed by atoms with E-state index < -0.39 is 10.0 Å². The Bertz CT molecular complexity index is 1190. The average Bonchev–Trinajstić information content (AvgIpc) is 3.14. The minimum atomic E-state index is -3.77. The van der Waals surface area contributed by atoms with Crippen molar-refractivity contribution in [1.29, 1.82) is 0 Å². The number of amides is 1. The van der Waals surface area contributed by atoms with Crippen molar-refractivity contribution in [2.24, 2.45) is 0 Å². The van der Waals surface area contributed by atoms with Crippen LogP contribution in [-0.4, -0.2) is 29.7 Å². The van der Waals surface area contributed by atoms with Gasteiger partial charge < -0.3 is 4.90 Å². The number of hydrogen-bond acceptors (Lipinski definition) is 3. The molecule has 0 saturated carbocycles. The van der Waals surface area contributed by atoms with Crippen LogP contribution in [-0.2, 0) is 21.2 Å².